The third-order valence-corrected chi connectivity index (χ3v) is 2.85. The maximum absolute atomic E-state index is 12.0. The number of carbonyl (C=O) groups is 1. The van der Waals surface area contributed by atoms with Crippen molar-refractivity contribution in [3.05, 3.63) is 40.9 Å². The zero-order valence-electron chi connectivity index (χ0n) is 10.9. The van der Waals surface area contributed by atoms with Crippen LogP contribution >= 0.6 is 15.9 Å². The molecule has 2 N–H and O–H groups in total. The number of rotatable bonds is 5. The summed E-state index contributed by atoms with van der Waals surface area (Å²) in [5.41, 5.74) is 0.469. The Morgan fingerprint density at radius 1 is 1.15 bits per heavy atom. The Kier molecular flexibility index (Phi) is 5.00. The maximum atomic E-state index is 12.0. The quantitative estimate of drug-likeness (QED) is 0.878. The van der Waals surface area contributed by atoms with Gasteiger partial charge in [0.15, 0.2) is 5.82 Å². The van der Waals surface area contributed by atoms with Gasteiger partial charge < -0.3 is 10.6 Å². The van der Waals surface area contributed by atoms with E-state index in [0.717, 1.165) is 18.8 Å². The highest BCUT2D eigenvalue weighted by molar-refractivity contribution is 9.10. The number of amides is 1. The zero-order chi connectivity index (χ0) is 14.4. The van der Waals surface area contributed by atoms with Crippen LogP contribution in [0.25, 0.3) is 0 Å². The molecule has 0 aliphatic heterocycles. The smallest absolute Gasteiger partial charge is 0.258 e. The van der Waals surface area contributed by atoms with Crippen molar-refractivity contribution in [2.24, 2.45) is 0 Å². The number of nitrogens with zero attached hydrogens (tertiary/aromatic N) is 3. The number of aromatic nitrogens is 3. The van der Waals surface area contributed by atoms with Crippen LogP contribution in [0.1, 0.15) is 23.7 Å². The van der Waals surface area contributed by atoms with Gasteiger partial charge in [-0.1, -0.05) is 6.92 Å². The number of hydrogen-bond donors (Lipinski definition) is 2. The summed E-state index contributed by atoms with van der Waals surface area (Å²) in [7, 11) is 0. The zero-order valence-corrected chi connectivity index (χ0v) is 12.5. The molecule has 0 atom stereocenters. The standard InChI is InChI=1S/C13H14BrN5O/c1-2-5-15-11-4-3-9(6-17-11)13(20)19-12-8-16-10(14)7-18-12/h3-4,6-8H,2,5H2,1H3,(H,15,17)(H,18,19,20). The Hall–Kier alpha value is -2.02. The molecule has 0 saturated heterocycles. The van der Waals surface area contributed by atoms with Gasteiger partial charge in [0, 0.05) is 12.7 Å². The largest absolute Gasteiger partial charge is 0.370 e. The molecule has 0 aliphatic carbocycles. The number of anilines is 2. The van der Waals surface area contributed by atoms with E-state index in [1.54, 1.807) is 12.1 Å². The van der Waals surface area contributed by atoms with Crippen molar-refractivity contribution in [1.29, 1.82) is 0 Å². The van der Waals surface area contributed by atoms with Crippen LogP contribution in [0.3, 0.4) is 0 Å². The number of pyridine rings is 1. The first-order chi connectivity index (χ1) is 9.69. The van der Waals surface area contributed by atoms with Crippen LogP contribution in [0.4, 0.5) is 11.6 Å². The molecule has 0 aromatic carbocycles. The summed E-state index contributed by atoms with van der Waals surface area (Å²) in [6.45, 7) is 2.93. The van der Waals surface area contributed by atoms with Gasteiger partial charge in [-0.2, -0.15) is 0 Å². The van der Waals surface area contributed by atoms with Crippen LogP contribution in [0, 0.1) is 0 Å². The summed E-state index contributed by atoms with van der Waals surface area (Å²) >= 11 is 3.18. The van der Waals surface area contributed by atoms with Gasteiger partial charge in [-0.3, -0.25) is 4.79 Å². The Balaban J connectivity index is 2.00. The molecule has 6 nitrogen and oxygen atoms in total. The molecular weight excluding hydrogens is 322 g/mol. The molecule has 0 fully saturated rings. The first-order valence-electron chi connectivity index (χ1n) is 6.18. The normalized spacial score (nSPS) is 10.1. The first kappa shape index (κ1) is 14.4. The van der Waals surface area contributed by atoms with E-state index in [0.29, 0.717) is 16.0 Å². The second-order valence-electron chi connectivity index (χ2n) is 4.04. The van der Waals surface area contributed by atoms with Crippen LogP contribution in [-0.4, -0.2) is 27.4 Å². The van der Waals surface area contributed by atoms with E-state index in [4.69, 9.17) is 0 Å². The van der Waals surface area contributed by atoms with E-state index in [1.807, 2.05) is 0 Å². The number of carbonyl (C=O) groups excluding carboxylic acids is 1. The van der Waals surface area contributed by atoms with Crippen molar-refractivity contribution in [1.82, 2.24) is 15.0 Å². The van der Waals surface area contributed by atoms with E-state index in [1.165, 1.54) is 18.6 Å². The molecule has 2 aromatic heterocycles. The number of hydrogen-bond acceptors (Lipinski definition) is 5. The Morgan fingerprint density at radius 3 is 2.55 bits per heavy atom. The first-order valence-corrected chi connectivity index (χ1v) is 6.97. The fraction of sp³-hybridized carbons (Fsp3) is 0.231. The lowest BCUT2D eigenvalue weighted by molar-refractivity contribution is 0.102. The molecule has 7 heteroatoms. The van der Waals surface area contributed by atoms with Crippen LogP contribution in [0.5, 0.6) is 0 Å². The molecule has 1 amide bonds. The summed E-state index contributed by atoms with van der Waals surface area (Å²) < 4.78 is 0.614. The van der Waals surface area contributed by atoms with Crippen molar-refractivity contribution >= 4 is 33.5 Å². The lowest BCUT2D eigenvalue weighted by Gasteiger charge is -2.06. The Morgan fingerprint density at radius 2 is 1.95 bits per heavy atom. The molecule has 0 aliphatic rings. The fourth-order valence-electron chi connectivity index (χ4n) is 1.45. The average molecular weight is 336 g/mol. The highest BCUT2D eigenvalue weighted by atomic mass is 79.9. The van der Waals surface area contributed by atoms with Crippen LogP contribution < -0.4 is 10.6 Å². The second-order valence-corrected chi connectivity index (χ2v) is 4.85. The summed E-state index contributed by atoms with van der Waals surface area (Å²) in [5.74, 6) is 0.884. The van der Waals surface area contributed by atoms with Crippen LogP contribution in [0.2, 0.25) is 0 Å². The molecule has 2 heterocycles. The van der Waals surface area contributed by atoms with E-state index in [9.17, 15) is 4.79 Å². The minimum absolute atomic E-state index is 0.267. The van der Waals surface area contributed by atoms with E-state index in [2.05, 4.69) is 48.4 Å². The van der Waals surface area contributed by atoms with Crippen molar-refractivity contribution in [2.45, 2.75) is 13.3 Å². The molecule has 2 aromatic rings. The fourth-order valence-corrected chi connectivity index (χ4v) is 1.66. The number of halogens is 1. The molecule has 20 heavy (non-hydrogen) atoms. The van der Waals surface area contributed by atoms with Crippen molar-refractivity contribution < 1.29 is 4.79 Å². The molecule has 104 valence electrons. The van der Waals surface area contributed by atoms with Crippen molar-refractivity contribution in [3.8, 4) is 0 Å². The highest BCUT2D eigenvalue weighted by Crippen LogP contribution is 2.09. The topological polar surface area (TPSA) is 79.8 Å². The van der Waals surface area contributed by atoms with Gasteiger partial charge in [-0.05, 0) is 34.5 Å². The predicted octanol–water partition coefficient (Wildman–Crippen LogP) is 2.71. The third kappa shape index (κ3) is 3.99. The molecule has 0 saturated carbocycles. The monoisotopic (exact) mass is 335 g/mol. The van der Waals surface area contributed by atoms with Gasteiger partial charge in [-0.15, -0.1) is 0 Å². The van der Waals surface area contributed by atoms with E-state index in [-0.39, 0.29) is 5.91 Å². The van der Waals surface area contributed by atoms with Crippen molar-refractivity contribution in [3.63, 3.8) is 0 Å². The molecule has 0 spiro atoms. The molecule has 0 bridgehead atoms. The predicted molar refractivity (Wildman–Crippen MR) is 80.7 cm³/mol. The van der Waals surface area contributed by atoms with Gasteiger partial charge in [0.2, 0.25) is 0 Å². The summed E-state index contributed by atoms with van der Waals surface area (Å²) in [4.78, 5) is 24.2. The molecular formula is C13H14BrN5O. The lowest BCUT2D eigenvalue weighted by atomic mass is 10.2. The van der Waals surface area contributed by atoms with Crippen LogP contribution in [0.15, 0.2) is 35.3 Å². The van der Waals surface area contributed by atoms with Crippen LogP contribution in [-0.2, 0) is 0 Å². The van der Waals surface area contributed by atoms with Crippen molar-refractivity contribution in [2.75, 3.05) is 17.2 Å². The number of nitrogens with one attached hydrogen (secondary N) is 2. The second kappa shape index (κ2) is 6.95. The average Bonchev–Trinajstić information content (AvgIpc) is 2.48. The van der Waals surface area contributed by atoms with Gasteiger partial charge in [0.1, 0.15) is 10.4 Å². The Bertz CT molecular complexity index is 570. The minimum Gasteiger partial charge on any atom is -0.370 e. The third-order valence-electron chi connectivity index (χ3n) is 2.44. The summed E-state index contributed by atoms with van der Waals surface area (Å²) in [5, 5.41) is 5.80. The lowest BCUT2D eigenvalue weighted by Crippen LogP contribution is -2.13. The minimum atomic E-state index is -0.267. The Labute approximate surface area is 125 Å². The summed E-state index contributed by atoms with van der Waals surface area (Å²) in [6, 6.07) is 3.49. The molecule has 2 rings (SSSR count). The van der Waals surface area contributed by atoms with Gasteiger partial charge in [0.25, 0.3) is 5.91 Å². The van der Waals surface area contributed by atoms with Gasteiger partial charge in [0.05, 0.1) is 18.0 Å². The molecule has 0 radical (unpaired) electrons. The summed E-state index contributed by atoms with van der Waals surface area (Å²) in [6.07, 6.45) is 5.55. The molecule has 0 unspecified atom stereocenters. The SMILES string of the molecule is CCCNc1ccc(C(=O)Nc2cnc(Br)cn2)cn1. The maximum Gasteiger partial charge on any atom is 0.258 e. The van der Waals surface area contributed by atoms with Gasteiger partial charge >= 0.3 is 0 Å². The highest BCUT2D eigenvalue weighted by Gasteiger charge is 2.07. The van der Waals surface area contributed by atoms with E-state index < -0.39 is 0 Å². The van der Waals surface area contributed by atoms with Gasteiger partial charge in [-0.25, -0.2) is 15.0 Å². The van der Waals surface area contributed by atoms with E-state index >= 15 is 0 Å².